The number of carbonyl (C=O) groups excluding carboxylic acids is 2. The number of carbonyl (C=O) groups is 2. The van der Waals surface area contributed by atoms with Crippen molar-refractivity contribution in [2.45, 2.75) is 59.5 Å². The second-order valence-corrected chi connectivity index (χ2v) is 6.68. The minimum absolute atomic E-state index is 0.207. The highest BCUT2D eigenvalue weighted by atomic mass is 16.6. The van der Waals surface area contributed by atoms with Crippen LogP contribution in [0.25, 0.3) is 0 Å². The lowest BCUT2D eigenvalue weighted by Gasteiger charge is -2.27. The van der Waals surface area contributed by atoms with Crippen molar-refractivity contribution >= 4 is 11.9 Å². The normalized spacial score (nSPS) is 30.1. The molecule has 1 fully saturated rings. The molecule has 0 radical (unpaired) electrons. The van der Waals surface area contributed by atoms with Crippen LogP contribution < -0.4 is 0 Å². The van der Waals surface area contributed by atoms with Gasteiger partial charge in [-0.2, -0.15) is 0 Å². The zero-order valence-electron chi connectivity index (χ0n) is 13.6. The molecule has 0 spiro atoms. The molecule has 116 valence electrons. The molecule has 0 amide bonds. The van der Waals surface area contributed by atoms with Crippen LogP contribution in [0, 0.1) is 23.7 Å². The summed E-state index contributed by atoms with van der Waals surface area (Å²) in [6, 6.07) is 0. The smallest absolute Gasteiger partial charge is 0.310 e. The Balaban J connectivity index is 3.01. The summed E-state index contributed by atoms with van der Waals surface area (Å²) >= 11 is 0. The molecule has 0 aromatic heterocycles. The standard InChI is InChI=1S/C16H28O4/c1-7-10-9-11(8-2)13(12(10)14(17)19-6)15(18)20-16(3,4)5/h10-13H,7-9H2,1-6H3. The van der Waals surface area contributed by atoms with E-state index >= 15 is 0 Å². The monoisotopic (exact) mass is 284 g/mol. The van der Waals surface area contributed by atoms with E-state index in [1.54, 1.807) is 0 Å². The summed E-state index contributed by atoms with van der Waals surface area (Å²) in [5, 5.41) is 0. The fourth-order valence-electron chi connectivity index (χ4n) is 3.29. The number of ether oxygens (including phenoxy) is 2. The maximum Gasteiger partial charge on any atom is 0.310 e. The van der Waals surface area contributed by atoms with E-state index in [1.807, 2.05) is 20.8 Å². The third-order valence-electron chi connectivity index (χ3n) is 4.21. The van der Waals surface area contributed by atoms with Gasteiger partial charge in [-0.3, -0.25) is 9.59 Å². The first-order valence-corrected chi connectivity index (χ1v) is 7.55. The van der Waals surface area contributed by atoms with Crippen LogP contribution in [0.2, 0.25) is 0 Å². The van der Waals surface area contributed by atoms with E-state index in [1.165, 1.54) is 7.11 Å². The fourth-order valence-corrected chi connectivity index (χ4v) is 3.29. The van der Waals surface area contributed by atoms with E-state index < -0.39 is 5.60 Å². The second kappa shape index (κ2) is 6.59. The maximum absolute atomic E-state index is 12.5. The first kappa shape index (κ1) is 17.0. The molecule has 4 nitrogen and oxygen atoms in total. The number of rotatable bonds is 4. The van der Waals surface area contributed by atoms with Crippen LogP contribution in [0.1, 0.15) is 53.9 Å². The number of esters is 2. The molecule has 0 bridgehead atoms. The van der Waals surface area contributed by atoms with Gasteiger partial charge in [0.05, 0.1) is 18.9 Å². The topological polar surface area (TPSA) is 52.6 Å². The van der Waals surface area contributed by atoms with Gasteiger partial charge in [0.15, 0.2) is 0 Å². The molecule has 0 N–H and O–H groups in total. The van der Waals surface area contributed by atoms with Crippen LogP contribution in [-0.2, 0) is 19.1 Å². The molecule has 4 atom stereocenters. The van der Waals surface area contributed by atoms with Crippen molar-refractivity contribution in [1.29, 1.82) is 0 Å². The molecule has 1 rings (SSSR count). The number of hydrogen-bond donors (Lipinski definition) is 0. The van der Waals surface area contributed by atoms with Crippen molar-refractivity contribution < 1.29 is 19.1 Å². The average molecular weight is 284 g/mol. The average Bonchev–Trinajstić information content (AvgIpc) is 2.74. The number of hydrogen-bond acceptors (Lipinski definition) is 4. The molecule has 0 aromatic rings. The molecule has 4 unspecified atom stereocenters. The SMILES string of the molecule is CCC1CC(CC)C(C(=O)OC(C)(C)C)C1C(=O)OC. The Hall–Kier alpha value is -1.06. The van der Waals surface area contributed by atoms with Gasteiger partial charge in [-0.05, 0) is 39.0 Å². The third kappa shape index (κ3) is 3.74. The maximum atomic E-state index is 12.5. The van der Waals surface area contributed by atoms with Crippen molar-refractivity contribution in [1.82, 2.24) is 0 Å². The highest BCUT2D eigenvalue weighted by molar-refractivity contribution is 5.83. The van der Waals surface area contributed by atoms with Gasteiger partial charge in [-0.15, -0.1) is 0 Å². The van der Waals surface area contributed by atoms with Gasteiger partial charge in [0.1, 0.15) is 5.60 Å². The Morgan fingerprint density at radius 3 is 1.80 bits per heavy atom. The Morgan fingerprint density at radius 2 is 1.45 bits per heavy atom. The molecular weight excluding hydrogens is 256 g/mol. The van der Waals surface area contributed by atoms with Gasteiger partial charge in [0, 0.05) is 0 Å². The van der Waals surface area contributed by atoms with Crippen molar-refractivity contribution in [3.63, 3.8) is 0 Å². The molecule has 0 aromatic carbocycles. The van der Waals surface area contributed by atoms with Crippen LogP contribution >= 0.6 is 0 Å². The van der Waals surface area contributed by atoms with Gasteiger partial charge >= 0.3 is 11.9 Å². The third-order valence-corrected chi connectivity index (χ3v) is 4.21. The molecule has 0 heterocycles. The summed E-state index contributed by atoms with van der Waals surface area (Å²) in [6.45, 7) is 9.68. The van der Waals surface area contributed by atoms with Crippen LogP contribution in [-0.4, -0.2) is 24.6 Å². The van der Waals surface area contributed by atoms with E-state index in [-0.39, 0.29) is 35.6 Å². The molecular formula is C16H28O4. The quantitative estimate of drug-likeness (QED) is 0.744. The van der Waals surface area contributed by atoms with E-state index in [0.29, 0.717) is 0 Å². The fraction of sp³-hybridized carbons (Fsp3) is 0.875. The van der Waals surface area contributed by atoms with Crippen LogP contribution in [0.15, 0.2) is 0 Å². The predicted octanol–water partition coefficient (Wildman–Crippen LogP) is 3.19. The highest BCUT2D eigenvalue weighted by Gasteiger charge is 2.50. The lowest BCUT2D eigenvalue weighted by Crippen LogP contribution is -2.37. The minimum atomic E-state index is -0.527. The molecule has 4 heteroatoms. The zero-order chi connectivity index (χ0) is 15.5. The Morgan fingerprint density at radius 1 is 1.00 bits per heavy atom. The first-order valence-electron chi connectivity index (χ1n) is 7.55. The summed E-state index contributed by atoms with van der Waals surface area (Å²) in [6.07, 6.45) is 2.67. The summed E-state index contributed by atoms with van der Waals surface area (Å²) < 4.78 is 10.4. The first-order chi connectivity index (χ1) is 9.25. The van der Waals surface area contributed by atoms with Gasteiger partial charge in [0.25, 0.3) is 0 Å². The second-order valence-electron chi connectivity index (χ2n) is 6.68. The predicted molar refractivity (Wildman–Crippen MR) is 77.0 cm³/mol. The molecule has 1 aliphatic rings. The van der Waals surface area contributed by atoms with Gasteiger partial charge < -0.3 is 9.47 Å². The molecule has 20 heavy (non-hydrogen) atoms. The molecule has 1 saturated carbocycles. The lowest BCUT2D eigenvalue weighted by atomic mass is 9.85. The molecule has 0 saturated heterocycles. The van der Waals surface area contributed by atoms with E-state index in [9.17, 15) is 9.59 Å². The van der Waals surface area contributed by atoms with Gasteiger partial charge in [-0.25, -0.2) is 0 Å². The van der Waals surface area contributed by atoms with Crippen LogP contribution in [0.4, 0.5) is 0 Å². The van der Waals surface area contributed by atoms with Gasteiger partial charge in [0.2, 0.25) is 0 Å². The summed E-state index contributed by atoms with van der Waals surface area (Å²) in [4.78, 5) is 24.6. The van der Waals surface area contributed by atoms with E-state index in [2.05, 4.69) is 13.8 Å². The Kier molecular flexibility index (Phi) is 5.60. The molecule has 1 aliphatic carbocycles. The van der Waals surface area contributed by atoms with Crippen molar-refractivity contribution in [2.24, 2.45) is 23.7 Å². The van der Waals surface area contributed by atoms with E-state index in [0.717, 1.165) is 19.3 Å². The largest absolute Gasteiger partial charge is 0.469 e. The summed E-state index contributed by atoms with van der Waals surface area (Å²) in [7, 11) is 1.39. The van der Waals surface area contributed by atoms with E-state index in [4.69, 9.17) is 9.47 Å². The Bertz CT molecular complexity index is 356. The zero-order valence-corrected chi connectivity index (χ0v) is 13.6. The van der Waals surface area contributed by atoms with Crippen molar-refractivity contribution in [2.75, 3.05) is 7.11 Å². The van der Waals surface area contributed by atoms with Gasteiger partial charge in [-0.1, -0.05) is 26.7 Å². The summed E-state index contributed by atoms with van der Waals surface area (Å²) in [5.74, 6) is -0.829. The van der Waals surface area contributed by atoms with Crippen LogP contribution in [0.5, 0.6) is 0 Å². The highest BCUT2D eigenvalue weighted by Crippen LogP contribution is 2.46. The molecule has 0 aliphatic heterocycles. The Labute approximate surface area is 122 Å². The number of methoxy groups -OCH3 is 1. The lowest BCUT2D eigenvalue weighted by molar-refractivity contribution is -0.168. The van der Waals surface area contributed by atoms with Crippen molar-refractivity contribution in [3.8, 4) is 0 Å². The van der Waals surface area contributed by atoms with Crippen molar-refractivity contribution in [3.05, 3.63) is 0 Å². The summed E-state index contributed by atoms with van der Waals surface area (Å²) in [5.41, 5.74) is -0.527. The minimum Gasteiger partial charge on any atom is -0.469 e. The van der Waals surface area contributed by atoms with Crippen LogP contribution in [0.3, 0.4) is 0 Å².